The molecule has 0 saturated carbocycles. The van der Waals surface area contributed by atoms with Crippen molar-refractivity contribution in [3.8, 4) is 0 Å². The van der Waals surface area contributed by atoms with Gasteiger partial charge < -0.3 is 14.6 Å². The molecule has 1 N–H and O–H groups in total. The zero-order valence-corrected chi connectivity index (χ0v) is 6.41. The summed E-state index contributed by atoms with van der Waals surface area (Å²) in [5.74, 6) is 0. The number of hydrogen-bond donors (Lipinski definition) is 1. The molecule has 3 nitrogen and oxygen atoms in total. The second-order valence-electron chi connectivity index (χ2n) is 1.91. The highest BCUT2D eigenvalue weighted by Crippen LogP contribution is 1.86. The van der Waals surface area contributed by atoms with Crippen LogP contribution in [0.4, 0.5) is 0 Å². The van der Waals surface area contributed by atoms with E-state index in [-0.39, 0.29) is 6.61 Å². The molecule has 0 spiro atoms. The quantitative estimate of drug-likeness (QED) is 0.575. The molecule has 60 valence electrons. The minimum atomic E-state index is -0.527. The minimum Gasteiger partial charge on any atom is -0.499 e. The summed E-state index contributed by atoms with van der Waals surface area (Å²) in [5, 5.41) is 8.99. The summed E-state index contributed by atoms with van der Waals surface area (Å²) < 4.78 is 9.57. The SMILES string of the molecule is CC=COCC(O)COC. The molecule has 0 aromatic rings. The van der Waals surface area contributed by atoms with Gasteiger partial charge in [0.25, 0.3) is 0 Å². The lowest BCUT2D eigenvalue weighted by Gasteiger charge is -2.07. The van der Waals surface area contributed by atoms with E-state index < -0.39 is 6.10 Å². The van der Waals surface area contributed by atoms with Crippen LogP contribution in [-0.2, 0) is 9.47 Å². The lowest BCUT2D eigenvalue weighted by atomic mass is 10.4. The van der Waals surface area contributed by atoms with E-state index in [0.717, 1.165) is 0 Å². The third kappa shape index (κ3) is 5.59. The van der Waals surface area contributed by atoms with Crippen molar-refractivity contribution in [1.29, 1.82) is 0 Å². The summed E-state index contributed by atoms with van der Waals surface area (Å²) in [7, 11) is 1.54. The van der Waals surface area contributed by atoms with Gasteiger partial charge in [0.15, 0.2) is 0 Å². The van der Waals surface area contributed by atoms with Gasteiger partial charge in [-0.15, -0.1) is 0 Å². The Bertz CT molecular complexity index is 90.9. The van der Waals surface area contributed by atoms with Gasteiger partial charge in [-0.2, -0.15) is 0 Å². The molecular weight excluding hydrogens is 132 g/mol. The molecule has 0 fully saturated rings. The average Bonchev–Trinajstić information content (AvgIpc) is 1.89. The number of ether oxygens (including phenoxy) is 2. The van der Waals surface area contributed by atoms with E-state index in [4.69, 9.17) is 9.84 Å². The molecule has 0 radical (unpaired) electrons. The van der Waals surface area contributed by atoms with Crippen LogP contribution in [0.2, 0.25) is 0 Å². The molecule has 0 aromatic heterocycles. The topological polar surface area (TPSA) is 38.7 Å². The molecule has 10 heavy (non-hydrogen) atoms. The maximum absolute atomic E-state index is 8.99. The van der Waals surface area contributed by atoms with E-state index in [9.17, 15) is 0 Å². The molecule has 3 heteroatoms. The molecule has 0 aliphatic rings. The molecule has 0 heterocycles. The third-order valence-corrected chi connectivity index (χ3v) is 0.880. The zero-order chi connectivity index (χ0) is 7.82. The Kier molecular flexibility index (Phi) is 6.22. The Hall–Kier alpha value is -0.540. The number of aliphatic hydroxyl groups is 1. The van der Waals surface area contributed by atoms with E-state index >= 15 is 0 Å². The largest absolute Gasteiger partial charge is 0.499 e. The van der Waals surface area contributed by atoms with Crippen molar-refractivity contribution >= 4 is 0 Å². The molecule has 0 amide bonds. The van der Waals surface area contributed by atoms with Gasteiger partial charge in [-0.3, -0.25) is 0 Å². The van der Waals surface area contributed by atoms with Gasteiger partial charge in [-0.25, -0.2) is 0 Å². The van der Waals surface area contributed by atoms with Crippen LogP contribution in [-0.4, -0.2) is 31.5 Å². The first-order valence-corrected chi connectivity index (χ1v) is 3.21. The van der Waals surface area contributed by atoms with Crippen LogP contribution in [0.1, 0.15) is 6.92 Å². The summed E-state index contributed by atoms with van der Waals surface area (Å²) >= 11 is 0. The number of aliphatic hydroxyl groups excluding tert-OH is 1. The maximum Gasteiger partial charge on any atom is 0.115 e. The fourth-order valence-electron chi connectivity index (χ4n) is 0.503. The molecule has 0 aliphatic heterocycles. The van der Waals surface area contributed by atoms with Gasteiger partial charge in [0.2, 0.25) is 0 Å². The fourth-order valence-corrected chi connectivity index (χ4v) is 0.503. The highest BCUT2D eigenvalue weighted by Gasteiger charge is 2.00. The van der Waals surface area contributed by atoms with E-state index in [1.807, 2.05) is 6.92 Å². The average molecular weight is 146 g/mol. The Morgan fingerprint density at radius 3 is 2.70 bits per heavy atom. The Morgan fingerprint density at radius 1 is 1.50 bits per heavy atom. The lowest BCUT2D eigenvalue weighted by Crippen LogP contribution is -2.19. The van der Waals surface area contributed by atoms with Gasteiger partial charge >= 0.3 is 0 Å². The van der Waals surface area contributed by atoms with Gasteiger partial charge in [0.05, 0.1) is 12.9 Å². The van der Waals surface area contributed by atoms with Crippen LogP contribution in [0, 0.1) is 0 Å². The number of hydrogen-bond acceptors (Lipinski definition) is 3. The zero-order valence-electron chi connectivity index (χ0n) is 6.41. The normalized spacial score (nSPS) is 13.9. The van der Waals surface area contributed by atoms with Crippen LogP contribution < -0.4 is 0 Å². The van der Waals surface area contributed by atoms with Gasteiger partial charge in [0, 0.05) is 7.11 Å². The number of methoxy groups -OCH3 is 1. The predicted octanol–water partition coefficient (Wildman–Crippen LogP) is 0.544. The van der Waals surface area contributed by atoms with Crippen LogP contribution in [0.15, 0.2) is 12.3 Å². The van der Waals surface area contributed by atoms with Crippen molar-refractivity contribution in [3.05, 3.63) is 12.3 Å². The summed E-state index contributed by atoms with van der Waals surface area (Å²) in [6.07, 6.45) is 2.78. The molecule has 0 aliphatic carbocycles. The molecule has 0 bridgehead atoms. The highest BCUT2D eigenvalue weighted by molar-refractivity contribution is 4.66. The van der Waals surface area contributed by atoms with Crippen LogP contribution in [0.25, 0.3) is 0 Å². The Labute approximate surface area is 61.3 Å². The predicted molar refractivity (Wildman–Crippen MR) is 38.6 cm³/mol. The molecule has 1 unspecified atom stereocenters. The summed E-state index contributed by atoms with van der Waals surface area (Å²) in [4.78, 5) is 0. The van der Waals surface area contributed by atoms with Crippen LogP contribution in [0.5, 0.6) is 0 Å². The van der Waals surface area contributed by atoms with Crippen molar-refractivity contribution in [2.24, 2.45) is 0 Å². The molecular formula is C7H14O3. The summed E-state index contributed by atoms with van der Waals surface area (Å²) in [5.41, 5.74) is 0. The van der Waals surface area contributed by atoms with E-state index in [1.165, 1.54) is 0 Å². The van der Waals surface area contributed by atoms with Crippen molar-refractivity contribution in [2.45, 2.75) is 13.0 Å². The summed E-state index contributed by atoms with van der Waals surface area (Å²) in [6.45, 7) is 2.46. The van der Waals surface area contributed by atoms with Crippen LogP contribution >= 0.6 is 0 Å². The van der Waals surface area contributed by atoms with Gasteiger partial charge in [-0.05, 0) is 6.92 Å². The second-order valence-corrected chi connectivity index (χ2v) is 1.91. The van der Waals surface area contributed by atoms with Gasteiger partial charge in [0.1, 0.15) is 12.7 Å². The first-order valence-electron chi connectivity index (χ1n) is 3.21. The molecule has 0 saturated heterocycles. The number of rotatable bonds is 5. The Balaban J connectivity index is 3.12. The fraction of sp³-hybridized carbons (Fsp3) is 0.714. The second kappa shape index (κ2) is 6.58. The van der Waals surface area contributed by atoms with Crippen molar-refractivity contribution in [3.63, 3.8) is 0 Å². The van der Waals surface area contributed by atoms with Crippen LogP contribution in [0.3, 0.4) is 0 Å². The molecule has 0 aromatic carbocycles. The van der Waals surface area contributed by atoms with E-state index in [0.29, 0.717) is 6.61 Å². The lowest BCUT2D eigenvalue weighted by molar-refractivity contribution is 0.0203. The standard InChI is InChI=1S/C7H14O3/c1-3-4-10-6-7(8)5-9-2/h3-4,7-8H,5-6H2,1-2H3. The van der Waals surface area contributed by atoms with Crippen molar-refractivity contribution in [1.82, 2.24) is 0 Å². The first kappa shape index (κ1) is 9.46. The molecule has 0 rings (SSSR count). The smallest absolute Gasteiger partial charge is 0.115 e. The molecule has 1 atom stereocenters. The Morgan fingerprint density at radius 2 is 2.20 bits per heavy atom. The minimum absolute atomic E-state index is 0.290. The third-order valence-electron chi connectivity index (χ3n) is 0.880. The van der Waals surface area contributed by atoms with Gasteiger partial charge in [-0.1, -0.05) is 6.08 Å². The van der Waals surface area contributed by atoms with E-state index in [2.05, 4.69) is 4.74 Å². The van der Waals surface area contributed by atoms with Crippen molar-refractivity contribution < 1.29 is 14.6 Å². The number of allylic oxidation sites excluding steroid dienone is 1. The first-order chi connectivity index (χ1) is 4.81. The van der Waals surface area contributed by atoms with Crippen molar-refractivity contribution in [2.75, 3.05) is 20.3 Å². The van der Waals surface area contributed by atoms with E-state index in [1.54, 1.807) is 19.4 Å². The maximum atomic E-state index is 8.99. The monoisotopic (exact) mass is 146 g/mol. The highest BCUT2D eigenvalue weighted by atomic mass is 16.5. The summed E-state index contributed by atoms with van der Waals surface area (Å²) in [6, 6.07) is 0.